The molecule has 1 heterocycles. The molecule has 1 N–H and O–H groups in total. The molecule has 94 valence electrons. The van der Waals surface area contributed by atoms with Gasteiger partial charge < -0.3 is 5.11 Å². The Balaban J connectivity index is 2.59. The van der Waals surface area contributed by atoms with Crippen molar-refractivity contribution in [3.63, 3.8) is 0 Å². The monoisotopic (exact) mass is 250 g/mol. The second-order valence-electron chi connectivity index (χ2n) is 3.97. The minimum atomic E-state index is -0.733. The Kier molecular flexibility index (Phi) is 2.84. The van der Waals surface area contributed by atoms with Crippen LogP contribution in [0.15, 0.2) is 18.2 Å². The van der Waals surface area contributed by atoms with E-state index in [0.717, 1.165) is 4.90 Å². The maximum atomic E-state index is 12.0. The number of nitro groups is 1. The summed E-state index contributed by atoms with van der Waals surface area (Å²) in [6, 6.07) is 3.19. The number of fused-ring (bicyclic) bond motifs is 1. The first-order chi connectivity index (χ1) is 8.49. The van der Waals surface area contributed by atoms with Gasteiger partial charge in [0.2, 0.25) is 0 Å². The van der Waals surface area contributed by atoms with Gasteiger partial charge in [0, 0.05) is 6.07 Å². The predicted molar refractivity (Wildman–Crippen MR) is 60.1 cm³/mol. The first-order valence-corrected chi connectivity index (χ1v) is 5.25. The van der Waals surface area contributed by atoms with Crippen LogP contribution >= 0.6 is 0 Å². The number of benzene rings is 1. The van der Waals surface area contributed by atoms with E-state index in [4.69, 9.17) is 5.11 Å². The van der Waals surface area contributed by atoms with E-state index in [9.17, 15) is 19.7 Å². The number of amides is 2. The summed E-state index contributed by atoms with van der Waals surface area (Å²) in [7, 11) is 0. The van der Waals surface area contributed by atoms with Gasteiger partial charge in [0.05, 0.1) is 23.1 Å². The van der Waals surface area contributed by atoms with Crippen LogP contribution in [-0.2, 0) is 0 Å². The largest absolute Gasteiger partial charge is 0.394 e. The molecule has 2 rings (SSSR count). The lowest BCUT2D eigenvalue weighted by Crippen LogP contribution is -2.40. The van der Waals surface area contributed by atoms with Gasteiger partial charge in [-0.3, -0.25) is 24.6 Å². The maximum Gasteiger partial charge on any atom is 0.282 e. The molecule has 0 spiro atoms. The number of aliphatic hydroxyl groups is 1. The van der Waals surface area contributed by atoms with Gasteiger partial charge in [0.25, 0.3) is 17.5 Å². The van der Waals surface area contributed by atoms with Crippen LogP contribution in [0.3, 0.4) is 0 Å². The standard InChI is InChI=1S/C11H10N2O5/c1-6(5-14)12-10(15)7-3-2-4-8(13(17)18)9(7)11(12)16/h2-4,6,14H,5H2,1H3. The van der Waals surface area contributed by atoms with Gasteiger partial charge in [0.15, 0.2) is 0 Å². The third kappa shape index (κ3) is 1.56. The van der Waals surface area contributed by atoms with Crippen LogP contribution in [0.1, 0.15) is 27.6 Å². The number of aliphatic hydroxyl groups excluding tert-OH is 1. The topological polar surface area (TPSA) is 101 Å². The van der Waals surface area contributed by atoms with E-state index in [0.29, 0.717) is 0 Å². The minimum Gasteiger partial charge on any atom is -0.394 e. The van der Waals surface area contributed by atoms with E-state index >= 15 is 0 Å². The van der Waals surface area contributed by atoms with Crippen molar-refractivity contribution < 1.29 is 19.6 Å². The van der Waals surface area contributed by atoms with E-state index in [-0.39, 0.29) is 17.7 Å². The summed E-state index contributed by atoms with van der Waals surface area (Å²) in [5.41, 5.74) is -0.583. The first-order valence-electron chi connectivity index (χ1n) is 5.25. The number of hydrogen-bond acceptors (Lipinski definition) is 5. The van der Waals surface area contributed by atoms with E-state index in [1.165, 1.54) is 25.1 Å². The fourth-order valence-electron chi connectivity index (χ4n) is 1.92. The van der Waals surface area contributed by atoms with E-state index in [1.54, 1.807) is 0 Å². The molecule has 1 aliphatic heterocycles. The van der Waals surface area contributed by atoms with Gasteiger partial charge in [-0.2, -0.15) is 0 Å². The van der Waals surface area contributed by atoms with Gasteiger partial charge in [-0.15, -0.1) is 0 Å². The predicted octanol–water partition coefficient (Wildman–Crippen LogP) is 0.572. The Bertz CT molecular complexity index is 554. The zero-order valence-corrected chi connectivity index (χ0v) is 9.49. The summed E-state index contributed by atoms with van der Waals surface area (Å²) in [6.45, 7) is 1.10. The Hall–Kier alpha value is -2.28. The van der Waals surface area contributed by atoms with Crippen molar-refractivity contribution >= 4 is 17.5 Å². The molecule has 0 radical (unpaired) electrons. The number of nitrogens with zero attached hydrogens (tertiary/aromatic N) is 2. The molecule has 0 aromatic heterocycles. The fraction of sp³-hybridized carbons (Fsp3) is 0.273. The molecule has 0 saturated carbocycles. The molecule has 1 unspecified atom stereocenters. The molecule has 7 nitrogen and oxygen atoms in total. The molecule has 1 atom stereocenters. The smallest absolute Gasteiger partial charge is 0.282 e. The van der Waals surface area contributed by atoms with E-state index in [2.05, 4.69) is 0 Å². The summed E-state index contributed by atoms with van der Waals surface area (Å²) in [4.78, 5) is 35.0. The highest BCUT2D eigenvalue weighted by molar-refractivity contribution is 6.23. The minimum absolute atomic E-state index is 0.00880. The van der Waals surface area contributed by atoms with Gasteiger partial charge in [0.1, 0.15) is 5.56 Å². The summed E-state index contributed by atoms with van der Waals surface area (Å²) in [5.74, 6) is -1.34. The van der Waals surface area contributed by atoms with Crippen LogP contribution in [0.25, 0.3) is 0 Å². The third-order valence-electron chi connectivity index (χ3n) is 2.83. The fourth-order valence-corrected chi connectivity index (χ4v) is 1.92. The molecule has 0 saturated heterocycles. The molecular weight excluding hydrogens is 240 g/mol. The maximum absolute atomic E-state index is 12.0. The molecular formula is C11H10N2O5. The lowest BCUT2D eigenvalue weighted by Gasteiger charge is -2.19. The van der Waals surface area contributed by atoms with E-state index in [1.807, 2.05) is 0 Å². The molecule has 7 heteroatoms. The van der Waals surface area contributed by atoms with Gasteiger partial charge in [-0.1, -0.05) is 6.07 Å². The van der Waals surface area contributed by atoms with Gasteiger partial charge in [-0.25, -0.2) is 0 Å². The van der Waals surface area contributed by atoms with Crippen molar-refractivity contribution in [1.82, 2.24) is 4.90 Å². The molecule has 18 heavy (non-hydrogen) atoms. The van der Waals surface area contributed by atoms with Crippen molar-refractivity contribution in [3.8, 4) is 0 Å². The number of nitro benzene ring substituents is 1. The lowest BCUT2D eigenvalue weighted by atomic mass is 10.1. The second kappa shape index (κ2) is 4.19. The molecule has 1 aliphatic rings. The second-order valence-corrected chi connectivity index (χ2v) is 3.97. The zero-order chi connectivity index (χ0) is 13.4. The van der Waals surface area contributed by atoms with Crippen LogP contribution in [-0.4, -0.2) is 39.4 Å². The summed E-state index contributed by atoms with van der Waals surface area (Å²) >= 11 is 0. The normalized spacial score (nSPS) is 15.8. The highest BCUT2D eigenvalue weighted by Crippen LogP contribution is 2.31. The Labute approximate surface area is 102 Å². The number of carbonyl (C=O) groups excluding carboxylic acids is 2. The van der Waals surface area contributed by atoms with Crippen molar-refractivity contribution in [1.29, 1.82) is 0 Å². The molecule has 1 aromatic carbocycles. The van der Waals surface area contributed by atoms with Crippen molar-refractivity contribution in [2.75, 3.05) is 6.61 Å². The van der Waals surface area contributed by atoms with Gasteiger partial charge >= 0.3 is 0 Å². The zero-order valence-electron chi connectivity index (χ0n) is 9.49. The van der Waals surface area contributed by atoms with Crippen molar-refractivity contribution in [2.45, 2.75) is 13.0 Å². The van der Waals surface area contributed by atoms with Crippen LogP contribution in [0.5, 0.6) is 0 Å². The quantitative estimate of drug-likeness (QED) is 0.480. The number of carbonyl (C=O) groups is 2. The molecule has 0 fully saturated rings. The molecule has 0 aliphatic carbocycles. The Morgan fingerprint density at radius 3 is 2.61 bits per heavy atom. The van der Waals surface area contributed by atoms with Crippen LogP contribution in [0.2, 0.25) is 0 Å². The van der Waals surface area contributed by atoms with Crippen LogP contribution in [0.4, 0.5) is 5.69 Å². The summed E-state index contributed by atoms with van der Waals surface area (Å²) in [6.07, 6.45) is 0. The highest BCUT2D eigenvalue weighted by Gasteiger charge is 2.42. The van der Waals surface area contributed by atoms with Crippen molar-refractivity contribution in [2.24, 2.45) is 0 Å². The van der Waals surface area contributed by atoms with E-state index < -0.39 is 28.5 Å². The third-order valence-corrected chi connectivity index (χ3v) is 2.83. The SMILES string of the molecule is CC(CO)N1C(=O)c2cccc([N+](=O)[O-])c2C1=O. The summed E-state index contributed by atoms with van der Waals surface area (Å²) < 4.78 is 0. The highest BCUT2D eigenvalue weighted by atomic mass is 16.6. The van der Waals surface area contributed by atoms with Crippen molar-refractivity contribution in [3.05, 3.63) is 39.4 Å². The molecule has 2 amide bonds. The molecule has 1 aromatic rings. The van der Waals surface area contributed by atoms with Gasteiger partial charge in [-0.05, 0) is 13.0 Å². The molecule has 0 bridgehead atoms. The summed E-state index contributed by atoms with van der Waals surface area (Å²) in [5, 5.41) is 19.8. The lowest BCUT2D eigenvalue weighted by molar-refractivity contribution is -0.385. The van der Waals surface area contributed by atoms with Crippen LogP contribution in [0, 0.1) is 10.1 Å². The average molecular weight is 250 g/mol. The van der Waals surface area contributed by atoms with Crippen LogP contribution < -0.4 is 0 Å². The average Bonchev–Trinajstić information content (AvgIpc) is 2.61. The Morgan fingerprint density at radius 1 is 1.39 bits per heavy atom. The number of imide groups is 1. The number of hydrogen-bond donors (Lipinski definition) is 1. The Morgan fingerprint density at radius 2 is 2.06 bits per heavy atom. The first kappa shape index (κ1) is 12.2. The number of rotatable bonds is 3.